The average molecular weight is 262 g/mol. The number of nitrogens with one attached hydrogen (secondary N) is 1. The van der Waals surface area contributed by atoms with Crippen molar-refractivity contribution in [3.05, 3.63) is 17.6 Å². The van der Waals surface area contributed by atoms with Gasteiger partial charge in [0, 0.05) is 24.8 Å². The molecule has 1 heterocycles. The van der Waals surface area contributed by atoms with Crippen molar-refractivity contribution in [3.8, 4) is 0 Å². The van der Waals surface area contributed by atoms with Gasteiger partial charge >= 0.3 is 0 Å². The molecule has 19 heavy (non-hydrogen) atoms. The number of rotatable bonds is 7. The molecule has 1 aliphatic carbocycles. The van der Waals surface area contributed by atoms with E-state index in [1.807, 2.05) is 13.0 Å². The van der Waals surface area contributed by atoms with Gasteiger partial charge in [-0.3, -0.25) is 4.90 Å². The van der Waals surface area contributed by atoms with E-state index in [9.17, 15) is 0 Å². The fraction of sp³-hybridized carbons (Fsp3) is 0.733. The fourth-order valence-corrected chi connectivity index (χ4v) is 2.40. The van der Waals surface area contributed by atoms with E-state index in [1.165, 1.54) is 6.42 Å². The smallest absolute Gasteiger partial charge is 0.144 e. The molecule has 2 unspecified atom stereocenters. The molecule has 0 radical (unpaired) electrons. The molecule has 1 aliphatic rings. The Morgan fingerprint density at radius 3 is 2.79 bits per heavy atom. The van der Waals surface area contributed by atoms with E-state index in [0.29, 0.717) is 0 Å². The number of aryl methyl sites for hydroxylation is 1. The van der Waals surface area contributed by atoms with E-state index >= 15 is 0 Å². The molecule has 1 aromatic rings. The normalized spacial score (nSPS) is 21.7. The lowest BCUT2D eigenvalue weighted by atomic mass is 10.3. The SMILES string of the molecule is CCCNc1cc(C)nc(CN(C)CC2CC2C)n1. The Hall–Kier alpha value is -1.16. The third kappa shape index (κ3) is 4.46. The first-order valence-electron chi connectivity index (χ1n) is 7.35. The lowest BCUT2D eigenvalue weighted by molar-refractivity contribution is 0.300. The Kier molecular flexibility index (Phi) is 4.75. The summed E-state index contributed by atoms with van der Waals surface area (Å²) in [5, 5.41) is 3.34. The van der Waals surface area contributed by atoms with Crippen LogP contribution in [-0.2, 0) is 6.54 Å². The Bertz CT molecular complexity index is 419. The van der Waals surface area contributed by atoms with Crippen molar-refractivity contribution in [1.82, 2.24) is 14.9 Å². The Morgan fingerprint density at radius 2 is 2.16 bits per heavy atom. The van der Waals surface area contributed by atoms with Crippen molar-refractivity contribution in [3.63, 3.8) is 0 Å². The zero-order valence-electron chi connectivity index (χ0n) is 12.6. The van der Waals surface area contributed by atoms with Crippen LogP contribution in [-0.4, -0.2) is 35.0 Å². The minimum absolute atomic E-state index is 0.839. The topological polar surface area (TPSA) is 41.1 Å². The summed E-state index contributed by atoms with van der Waals surface area (Å²) in [5.41, 5.74) is 1.04. The van der Waals surface area contributed by atoms with Crippen LogP contribution >= 0.6 is 0 Å². The highest BCUT2D eigenvalue weighted by Gasteiger charge is 2.33. The van der Waals surface area contributed by atoms with E-state index in [0.717, 1.165) is 55.2 Å². The largest absolute Gasteiger partial charge is 0.370 e. The molecule has 4 heteroatoms. The average Bonchev–Trinajstić information content (AvgIpc) is 3.01. The lowest BCUT2D eigenvalue weighted by Gasteiger charge is -2.16. The zero-order valence-corrected chi connectivity index (χ0v) is 12.6. The molecular weight excluding hydrogens is 236 g/mol. The van der Waals surface area contributed by atoms with E-state index in [2.05, 4.69) is 41.1 Å². The predicted octanol–water partition coefficient (Wildman–Crippen LogP) is 2.69. The maximum absolute atomic E-state index is 4.59. The van der Waals surface area contributed by atoms with Gasteiger partial charge in [0.05, 0.1) is 6.54 Å². The third-order valence-corrected chi connectivity index (χ3v) is 3.69. The number of aromatic nitrogens is 2. The van der Waals surface area contributed by atoms with E-state index in [4.69, 9.17) is 0 Å². The van der Waals surface area contributed by atoms with Crippen LogP contribution in [0.1, 0.15) is 38.2 Å². The molecule has 0 spiro atoms. The zero-order chi connectivity index (χ0) is 13.8. The van der Waals surface area contributed by atoms with Gasteiger partial charge in [-0.2, -0.15) is 0 Å². The highest BCUT2D eigenvalue weighted by molar-refractivity contribution is 5.35. The Morgan fingerprint density at radius 1 is 1.42 bits per heavy atom. The second-order valence-electron chi connectivity index (χ2n) is 5.91. The first-order chi connectivity index (χ1) is 9.08. The van der Waals surface area contributed by atoms with Crippen LogP contribution in [0.2, 0.25) is 0 Å². The maximum Gasteiger partial charge on any atom is 0.144 e. The molecular formula is C15H26N4. The molecule has 1 N–H and O–H groups in total. The predicted molar refractivity (Wildman–Crippen MR) is 79.2 cm³/mol. The fourth-order valence-electron chi connectivity index (χ4n) is 2.40. The summed E-state index contributed by atoms with van der Waals surface area (Å²) in [5.74, 6) is 3.67. The molecule has 0 aliphatic heterocycles. The standard InChI is InChI=1S/C15H26N4/c1-5-6-16-14-8-12(3)17-15(18-14)10-19(4)9-13-7-11(13)2/h8,11,13H,5-7,9-10H2,1-4H3,(H,16,17,18). The highest BCUT2D eigenvalue weighted by atomic mass is 15.1. The van der Waals surface area contributed by atoms with Crippen LogP contribution in [0.3, 0.4) is 0 Å². The molecule has 0 bridgehead atoms. The monoisotopic (exact) mass is 262 g/mol. The van der Waals surface area contributed by atoms with E-state index in [-0.39, 0.29) is 0 Å². The lowest BCUT2D eigenvalue weighted by Crippen LogP contribution is -2.22. The van der Waals surface area contributed by atoms with Crippen LogP contribution < -0.4 is 5.32 Å². The molecule has 1 fully saturated rings. The molecule has 0 amide bonds. The minimum atomic E-state index is 0.839. The summed E-state index contributed by atoms with van der Waals surface area (Å²) in [6.07, 6.45) is 2.49. The van der Waals surface area contributed by atoms with Crippen molar-refractivity contribution < 1.29 is 0 Å². The first-order valence-corrected chi connectivity index (χ1v) is 7.35. The van der Waals surface area contributed by atoms with E-state index in [1.54, 1.807) is 0 Å². The van der Waals surface area contributed by atoms with Crippen molar-refractivity contribution >= 4 is 5.82 Å². The molecule has 1 aromatic heterocycles. The molecule has 0 saturated heterocycles. The van der Waals surface area contributed by atoms with Crippen LogP contribution in [0.25, 0.3) is 0 Å². The number of anilines is 1. The van der Waals surface area contributed by atoms with Crippen LogP contribution in [0.4, 0.5) is 5.82 Å². The van der Waals surface area contributed by atoms with Gasteiger partial charge in [-0.15, -0.1) is 0 Å². The summed E-state index contributed by atoms with van der Waals surface area (Å²) < 4.78 is 0. The van der Waals surface area contributed by atoms with Crippen LogP contribution in [0, 0.1) is 18.8 Å². The van der Waals surface area contributed by atoms with Crippen molar-refractivity contribution in [2.75, 3.05) is 25.5 Å². The Balaban J connectivity index is 1.92. The molecule has 0 aromatic carbocycles. The number of hydrogen-bond donors (Lipinski definition) is 1. The maximum atomic E-state index is 4.59. The van der Waals surface area contributed by atoms with Crippen LogP contribution in [0.5, 0.6) is 0 Å². The number of hydrogen-bond acceptors (Lipinski definition) is 4. The van der Waals surface area contributed by atoms with Crippen molar-refractivity contribution in [2.24, 2.45) is 11.8 Å². The number of nitrogens with zero attached hydrogens (tertiary/aromatic N) is 3. The van der Waals surface area contributed by atoms with Gasteiger partial charge in [0.15, 0.2) is 0 Å². The minimum Gasteiger partial charge on any atom is -0.370 e. The molecule has 4 nitrogen and oxygen atoms in total. The van der Waals surface area contributed by atoms with Crippen LogP contribution in [0.15, 0.2) is 6.07 Å². The summed E-state index contributed by atoms with van der Waals surface area (Å²) >= 11 is 0. The quantitative estimate of drug-likeness (QED) is 0.820. The second kappa shape index (κ2) is 6.33. The van der Waals surface area contributed by atoms with E-state index < -0.39 is 0 Å². The van der Waals surface area contributed by atoms with Gasteiger partial charge in [-0.05, 0) is 38.6 Å². The van der Waals surface area contributed by atoms with Gasteiger partial charge in [0.1, 0.15) is 11.6 Å². The Labute approximate surface area is 116 Å². The second-order valence-corrected chi connectivity index (χ2v) is 5.91. The molecule has 1 saturated carbocycles. The molecule has 2 atom stereocenters. The van der Waals surface area contributed by atoms with Gasteiger partial charge in [-0.25, -0.2) is 9.97 Å². The third-order valence-electron chi connectivity index (χ3n) is 3.69. The summed E-state index contributed by atoms with van der Waals surface area (Å²) in [4.78, 5) is 11.5. The van der Waals surface area contributed by atoms with Gasteiger partial charge in [-0.1, -0.05) is 13.8 Å². The summed E-state index contributed by atoms with van der Waals surface area (Å²) in [6.45, 7) is 9.49. The summed E-state index contributed by atoms with van der Waals surface area (Å²) in [6, 6.07) is 2.02. The molecule has 2 rings (SSSR count). The highest BCUT2D eigenvalue weighted by Crippen LogP contribution is 2.38. The molecule has 106 valence electrons. The van der Waals surface area contributed by atoms with Gasteiger partial charge < -0.3 is 5.32 Å². The van der Waals surface area contributed by atoms with Gasteiger partial charge in [0.2, 0.25) is 0 Å². The van der Waals surface area contributed by atoms with Crippen molar-refractivity contribution in [1.29, 1.82) is 0 Å². The first kappa shape index (κ1) is 14.3. The van der Waals surface area contributed by atoms with Crippen molar-refractivity contribution in [2.45, 2.75) is 40.2 Å². The van der Waals surface area contributed by atoms with Gasteiger partial charge in [0.25, 0.3) is 0 Å². The summed E-state index contributed by atoms with van der Waals surface area (Å²) in [7, 11) is 2.16.